The maximum atomic E-state index is 13.6. The molecule has 1 atom stereocenters. The summed E-state index contributed by atoms with van der Waals surface area (Å²) in [6.07, 6.45) is 7.44. The fourth-order valence-electron chi connectivity index (χ4n) is 4.41. The van der Waals surface area contributed by atoms with E-state index in [1.165, 1.54) is 5.56 Å². The van der Waals surface area contributed by atoms with E-state index in [9.17, 15) is 4.79 Å². The number of carbonyl (C=O) groups excluding carboxylic acids is 1. The lowest BCUT2D eigenvalue weighted by Crippen LogP contribution is -2.38. The molecule has 32 heavy (non-hydrogen) atoms. The molecule has 5 rings (SSSR count). The number of fused-ring (bicyclic) bond motifs is 1. The third-order valence-electron chi connectivity index (χ3n) is 6.06. The van der Waals surface area contributed by atoms with E-state index >= 15 is 0 Å². The first kappa shape index (κ1) is 20.8. The summed E-state index contributed by atoms with van der Waals surface area (Å²) < 4.78 is 2.17. The molecule has 0 N–H and O–H groups in total. The highest BCUT2D eigenvalue weighted by Gasteiger charge is 2.31. The summed E-state index contributed by atoms with van der Waals surface area (Å²) in [5, 5.41) is 0.810. The van der Waals surface area contributed by atoms with Gasteiger partial charge in [0.2, 0.25) is 0 Å². The molecule has 6 nitrogen and oxygen atoms in total. The van der Waals surface area contributed by atoms with Gasteiger partial charge in [-0.3, -0.25) is 4.79 Å². The largest absolute Gasteiger partial charge is 0.334 e. The van der Waals surface area contributed by atoms with Crippen LogP contribution in [0.1, 0.15) is 34.3 Å². The molecule has 1 saturated heterocycles. The van der Waals surface area contributed by atoms with Gasteiger partial charge in [0, 0.05) is 36.4 Å². The van der Waals surface area contributed by atoms with E-state index in [4.69, 9.17) is 0 Å². The molecule has 0 radical (unpaired) electrons. The number of aromatic nitrogens is 4. The normalized spacial score (nSPS) is 16.1. The Morgan fingerprint density at radius 3 is 2.75 bits per heavy atom. The van der Waals surface area contributed by atoms with E-state index in [1.54, 1.807) is 12.4 Å². The second-order valence-electron chi connectivity index (χ2n) is 8.28. The molecule has 0 spiro atoms. The molecule has 3 heterocycles. The van der Waals surface area contributed by atoms with Crippen molar-refractivity contribution < 1.29 is 4.79 Å². The Morgan fingerprint density at radius 2 is 1.94 bits per heavy atom. The van der Waals surface area contributed by atoms with Gasteiger partial charge in [-0.25, -0.2) is 15.0 Å². The number of nitrogens with zero attached hydrogens (tertiary/aromatic N) is 5. The van der Waals surface area contributed by atoms with Crippen LogP contribution in [0, 0.1) is 6.92 Å². The summed E-state index contributed by atoms with van der Waals surface area (Å²) in [4.78, 5) is 29.1. The van der Waals surface area contributed by atoms with Crippen molar-refractivity contribution in [3.05, 3.63) is 77.9 Å². The standard InChI is InChI=1S/C25H24BrN5O/c1-17-13-27-24(28-14-17)20-6-2-3-7-21(20)25(32)31-10-4-5-19(31)15-30-16-29-22-11-18(12-26)8-9-23(22)30/h2-3,6-9,11,13-14,16,19H,4-5,10,12,15H2,1H3/t19-/m0/s1. The molecule has 2 aromatic heterocycles. The second-order valence-corrected chi connectivity index (χ2v) is 8.84. The van der Waals surface area contributed by atoms with Crippen LogP contribution in [0.3, 0.4) is 0 Å². The molecule has 4 aromatic rings. The predicted molar refractivity (Wildman–Crippen MR) is 129 cm³/mol. The number of benzene rings is 2. The van der Waals surface area contributed by atoms with Crippen molar-refractivity contribution >= 4 is 32.9 Å². The average Bonchev–Trinajstić information content (AvgIpc) is 3.46. The molecular formula is C25H24BrN5O. The SMILES string of the molecule is Cc1cnc(-c2ccccc2C(=O)N2CCC[C@H]2Cn2cnc3cc(CBr)ccc32)nc1. The Kier molecular flexibility index (Phi) is 5.74. The van der Waals surface area contributed by atoms with Crippen molar-refractivity contribution in [1.82, 2.24) is 24.4 Å². The van der Waals surface area contributed by atoms with Gasteiger partial charge in [0.1, 0.15) is 0 Å². The molecule has 1 aliphatic heterocycles. The minimum absolute atomic E-state index is 0.0401. The lowest BCUT2D eigenvalue weighted by atomic mass is 10.0. The molecule has 0 bridgehead atoms. The first-order valence-corrected chi connectivity index (χ1v) is 11.9. The Labute approximate surface area is 195 Å². The number of imidazole rings is 1. The molecule has 7 heteroatoms. The van der Waals surface area contributed by atoms with E-state index in [-0.39, 0.29) is 11.9 Å². The third-order valence-corrected chi connectivity index (χ3v) is 6.71. The van der Waals surface area contributed by atoms with Crippen molar-refractivity contribution in [2.45, 2.75) is 37.7 Å². The number of alkyl halides is 1. The molecule has 0 aliphatic carbocycles. The lowest BCUT2D eigenvalue weighted by Gasteiger charge is -2.26. The number of halogens is 1. The fraction of sp³-hybridized carbons (Fsp3) is 0.280. The quantitative estimate of drug-likeness (QED) is 0.370. The van der Waals surface area contributed by atoms with Crippen LogP contribution in [-0.2, 0) is 11.9 Å². The Hall–Kier alpha value is -3.06. The zero-order chi connectivity index (χ0) is 22.1. The fourth-order valence-corrected chi connectivity index (χ4v) is 4.76. The molecular weight excluding hydrogens is 466 g/mol. The number of amides is 1. The Balaban J connectivity index is 1.42. The van der Waals surface area contributed by atoms with Crippen LogP contribution in [0.25, 0.3) is 22.4 Å². The summed E-state index contributed by atoms with van der Waals surface area (Å²) >= 11 is 3.51. The average molecular weight is 490 g/mol. The number of likely N-dealkylation sites (tertiary alicyclic amines) is 1. The first-order chi connectivity index (χ1) is 15.6. The smallest absolute Gasteiger partial charge is 0.254 e. The second kappa shape index (κ2) is 8.82. The Bertz CT molecular complexity index is 1270. The minimum Gasteiger partial charge on any atom is -0.334 e. The zero-order valence-corrected chi connectivity index (χ0v) is 19.5. The summed E-state index contributed by atoms with van der Waals surface area (Å²) in [5.74, 6) is 0.622. The molecule has 1 aliphatic rings. The van der Waals surface area contributed by atoms with Crippen LogP contribution in [0.4, 0.5) is 0 Å². The van der Waals surface area contributed by atoms with Crippen molar-refractivity contribution in [3.63, 3.8) is 0 Å². The summed E-state index contributed by atoms with van der Waals surface area (Å²) in [5.41, 5.74) is 5.71. The molecule has 2 aromatic carbocycles. The van der Waals surface area contributed by atoms with E-state index in [1.807, 2.05) is 42.4 Å². The van der Waals surface area contributed by atoms with E-state index in [0.29, 0.717) is 11.4 Å². The van der Waals surface area contributed by atoms with Gasteiger partial charge in [-0.05, 0) is 49.1 Å². The van der Waals surface area contributed by atoms with Crippen LogP contribution < -0.4 is 0 Å². The molecule has 1 fully saturated rings. The molecule has 1 amide bonds. The van der Waals surface area contributed by atoms with Crippen LogP contribution in [0.15, 0.2) is 61.2 Å². The first-order valence-electron chi connectivity index (χ1n) is 10.8. The van der Waals surface area contributed by atoms with Gasteiger partial charge in [-0.1, -0.05) is 40.2 Å². The topological polar surface area (TPSA) is 63.9 Å². The monoisotopic (exact) mass is 489 g/mol. The van der Waals surface area contributed by atoms with Crippen LogP contribution in [-0.4, -0.2) is 42.9 Å². The van der Waals surface area contributed by atoms with E-state index < -0.39 is 0 Å². The number of rotatable bonds is 5. The maximum absolute atomic E-state index is 13.6. The summed E-state index contributed by atoms with van der Waals surface area (Å²) in [6.45, 7) is 3.45. The Morgan fingerprint density at radius 1 is 1.12 bits per heavy atom. The van der Waals surface area contributed by atoms with Crippen LogP contribution >= 0.6 is 15.9 Å². The van der Waals surface area contributed by atoms with Gasteiger partial charge in [0.15, 0.2) is 5.82 Å². The number of hydrogen-bond acceptors (Lipinski definition) is 4. The van der Waals surface area contributed by atoms with Gasteiger partial charge < -0.3 is 9.47 Å². The van der Waals surface area contributed by atoms with Gasteiger partial charge in [-0.15, -0.1) is 0 Å². The van der Waals surface area contributed by atoms with Gasteiger partial charge >= 0.3 is 0 Å². The third kappa shape index (κ3) is 3.93. The predicted octanol–water partition coefficient (Wildman–Crippen LogP) is 5.00. The highest BCUT2D eigenvalue weighted by molar-refractivity contribution is 9.08. The van der Waals surface area contributed by atoms with Crippen LogP contribution in [0.2, 0.25) is 0 Å². The summed E-state index contributed by atoms with van der Waals surface area (Å²) in [6, 6.07) is 14.1. The van der Waals surface area contributed by atoms with E-state index in [0.717, 1.165) is 53.4 Å². The number of hydrogen-bond donors (Lipinski definition) is 0. The number of aryl methyl sites for hydroxylation is 1. The zero-order valence-electron chi connectivity index (χ0n) is 17.9. The van der Waals surface area contributed by atoms with Gasteiger partial charge in [0.25, 0.3) is 5.91 Å². The highest BCUT2D eigenvalue weighted by Crippen LogP contribution is 2.27. The van der Waals surface area contributed by atoms with Crippen LogP contribution in [0.5, 0.6) is 0 Å². The van der Waals surface area contributed by atoms with Crippen molar-refractivity contribution in [2.24, 2.45) is 0 Å². The van der Waals surface area contributed by atoms with Gasteiger partial charge in [0.05, 0.1) is 29.0 Å². The van der Waals surface area contributed by atoms with E-state index in [2.05, 4.69) is 53.6 Å². The molecule has 0 saturated carbocycles. The van der Waals surface area contributed by atoms with Gasteiger partial charge in [-0.2, -0.15) is 0 Å². The minimum atomic E-state index is 0.0401. The maximum Gasteiger partial charge on any atom is 0.254 e. The molecule has 0 unspecified atom stereocenters. The molecule has 162 valence electrons. The highest BCUT2D eigenvalue weighted by atomic mass is 79.9. The summed E-state index contributed by atoms with van der Waals surface area (Å²) in [7, 11) is 0. The van der Waals surface area contributed by atoms with Crippen molar-refractivity contribution in [1.29, 1.82) is 0 Å². The van der Waals surface area contributed by atoms with Crippen molar-refractivity contribution in [3.8, 4) is 11.4 Å². The lowest BCUT2D eigenvalue weighted by molar-refractivity contribution is 0.0725. The number of carbonyl (C=O) groups is 1. The van der Waals surface area contributed by atoms with Crippen molar-refractivity contribution in [2.75, 3.05) is 6.54 Å².